The van der Waals surface area contributed by atoms with E-state index in [1.165, 1.54) is 21.3 Å². The van der Waals surface area contributed by atoms with Gasteiger partial charge in [-0.15, -0.1) is 8.80 Å². The molecule has 8 N–H and O–H groups in total. The van der Waals surface area contributed by atoms with Gasteiger partial charge in [0.15, 0.2) is 0 Å². The summed E-state index contributed by atoms with van der Waals surface area (Å²) in [6.45, 7) is 18.6. The number of aromatic nitrogens is 4. The van der Waals surface area contributed by atoms with E-state index in [2.05, 4.69) is 72.2 Å². The topological polar surface area (TPSA) is 426 Å². The molecule has 8 heterocycles. The van der Waals surface area contributed by atoms with Gasteiger partial charge in [-0.3, -0.25) is 19.4 Å². The maximum atomic E-state index is 13.7. The first-order valence-electron chi connectivity index (χ1n) is 43.0. The van der Waals surface area contributed by atoms with Gasteiger partial charge in [-0.25, -0.2) is 38.7 Å². The third-order valence-electron chi connectivity index (χ3n) is 23.2. The normalized spacial score (nSPS) is 17.4. The summed E-state index contributed by atoms with van der Waals surface area (Å²) in [5.41, 5.74) is 12.2. The highest BCUT2D eigenvalue weighted by molar-refractivity contribution is 7.91. The number of nitrogens with one attached hydrogen (secondary N) is 7. The number of rotatable bonds is 21. The third kappa shape index (κ3) is 27.3. The minimum atomic E-state index is -4.06. The van der Waals surface area contributed by atoms with Crippen molar-refractivity contribution in [2.75, 3.05) is 58.1 Å². The van der Waals surface area contributed by atoms with Crippen LogP contribution in [0.3, 0.4) is 0 Å². The summed E-state index contributed by atoms with van der Waals surface area (Å²) >= 11 is 0. The van der Waals surface area contributed by atoms with Crippen LogP contribution in [0.2, 0.25) is 0 Å². The first kappa shape index (κ1) is 114. The molecule has 7 amide bonds. The van der Waals surface area contributed by atoms with Gasteiger partial charge in [0.1, 0.15) is 63.4 Å². The molecular weight excluding hydrogens is 1920 g/mol. The third-order valence-corrected chi connectivity index (χ3v) is 25.9. The first-order chi connectivity index (χ1) is 61.6. The second-order valence-electron chi connectivity index (χ2n) is 34.3. The Morgan fingerprint density at radius 2 is 0.728 bits per heavy atom. The predicted octanol–water partition coefficient (Wildman–Crippen LogP) is 16.4. The summed E-state index contributed by atoms with van der Waals surface area (Å²) in [4.78, 5) is 121. The van der Waals surface area contributed by atoms with Crippen LogP contribution in [0.5, 0.6) is 0 Å². The maximum absolute atomic E-state index is 13.7. The lowest BCUT2D eigenvalue weighted by Gasteiger charge is -2.32. The number of carboxylic acid groups (broad SMARTS) is 1. The Morgan fingerprint density at radius 3 is 1.08 bits per heavy atom. The molecule has 0 unspecified atom stereocenters. The number of imidazole rings is 2. The Kier molecular flexibility index (Phi) is 41.7. The fourth-order valence-corrected chi connectivity index (χ4v) is 18.8. The van der Waals surface area contributed by atoms with Crippen molar-refractivity contribution in [3.8, 4) is 67.0 Å². The van der Waals surface area contributed by atoms with Crippen molar-refractivity contribution in [2.24, 2.45) is 26.5 Å². The number of hydrogen-bond acceptors (Lipinski definition) is 21. The van der Waals surface area contributed by atoms with Crippen molar-refractivity contribution in [3.05, 3.63) is 193 Å². The van der Waals surface area contributed by atoms with Crippen LogP contribution in [0.1, 0.15) is 143 Å². The van der Waals surface area contributed by atoms with Crippen molar-refractivity contribution >= 4 is 186 Å². The van der Waals surface area contributed by atoms with E-state index in [9.17, 15) is 55.2 Å². The fraction of sp³-hybridized carbons (Fsp3) is 0.383. The van der Waals surface area contributed by atoms with E-state index in [1.807, 2.05) is 176 Å². The highest BCUT2D eigenvalue weighted by Gasteiger charge is 2.44. The van der Waals surface area contributed by atoms with E-state index in [1.54, 1.807) is 70.0 Å². The number of nitrogens with zero attached hydrogens (tertiary/aromatic N) is 8. The van der Waals surface area contributed by atoms with Crippen LogP contribution >= 0.6 is 94.5 Å². The predicted molar refractivity (Wildman–Crippen MR) is 559 cm³/mol. The monoisotopic (exact) mass is 2040 g/mol. The number of benzene rings is 7. The summed E-state index contributed by atoms with van der Waals surface area (Å²) < 4.78 is 86.8. The van der Waals surface area contributed by atoms with Crippen molar-refractivity contribution in [1.82, 2.24) is 55.5 Å². The van der Waals surface area contributed by atoms with Crippen LogP contribution < -0.4 is 26.6 Å². The Labute approximate surface area is 842 Å². The zero-order valence-corrected chi connectivity index (χ0v) is 86.1. The number of likely N-dealkylation sites (tertiary alicyclic amines) is 4. The summed E-state index contributed by atoms with van der Waals surface area (Å²) in [5, 5.41) is 22.6. The highest BCUT2D eigenvalue weighted by Crippen LogP contribution is 2.41. The van der Waals surface area contributed by atoms with Crippen LogP contribution in [0.25, 0.3) is 67.0 Å². The number of carbonyl (C=O) groups is 8. The first-order valence-corrected chi connectivity index (χ1v) is 45.9. The quantitative estimate of drug-likeness (QED) is 0.0310. The number of alkyl carbamates (subject to hydrolysis) is 3. The molecule has 9 aromatic rings. The smallest absolute Gasteiger partial charge is 0.410 e. The summed E-state index contributed by atoms with van der Waals surface area (Å²) in [6.07, 6.45) is 6.40. The molecule has 6 aliphatic rings. The van der Waals surface area contributed by atoms with Gasteiger partial charge in [0.2, 0.25) is 11.8 Å². The average molecular weight is 2040 g/mol. The molecule has 736 valence electrons. The van der Waals surface area contributed by atoms with Gasteiger partial charge in [-0.1, -0.05) is 181 Å². The minimum absolute atomic E-state index is 0. The van der Waals surface area contributed by atoms with Gasteiger partial charge >= 0.3 is 36.4 Å². The fourth-order valence-electron chi connectivity index (χ4n) is 16.5. The van der Waals surface area contributed by atoms with Gasteiger partial charge in [0, 0.05) is 26.2 Å². The molecular formula is C94H123N15O18S9. The van der Waals surface area contributed by atoms with E-state index < -0.39 is 86.2 Å². The van der Waals surface area contributed by atoms with E-state index in [0.29, 0.717) is 69.1 Å². The summed E-state index contributed by atoms with van der Waals surface area (Å²) in [7, 11) is -4.36. The van der Waals surface area contributed by atoms with Gasteiger partial charge in [0.25, 0.3) is 20.0 Å². The lowest BCUT2D eigenvalue weighted by atomic mass is 9.99. The van der Waals surface area contributed by atoms with Crippen LogP contribution in [0.15, 0.2) is 195 Å². The molecule has 0 radical (unpaired) electrons. The van der Waals surface area contributed by atoms with E-state index in [-0.39, 0.29) is 170 Å². The minimum Gasteiger partial charge on any atom is -0.480 e. The molecule has 15 rings (SSSR count). The number of methoxy groups -OCH3 is 3. The van der Waals surface area contributed by atoms with Crippen LogP contribution in [-0.2, 0) is 64.7 Å². The number of hydrogen-bond donors (Lipinski definition) is 8. The van der Waals surface area contributed by atoms with E-state index in [0.717, 1.165) is 104 Å². The summed E-state index contributed by atoms with van der Waals surface area (Å²) in [5.74, 6) is -0.247. The molecule has 0 saturated carbocycles. The molecule has 2 aromatic heterocycles. The number of amides is 7. The van der Waals surface area contributed by atoms with Crippen molar-refractivity contribution in [3.63, 3.8) is 0 Å². The highest BCUT2D eigenvalue weighted by atomic mass is 32.2. The molecule has 0 bridgehead atoms. The number of fused-ring (bicyclic) bond motifs is 2. The Morgan fingerprint density at radius 1 is 0.419 bits per heavy atom. The molecule has 0 spiro atoms. The Balaban J connectivity index is 0.000000356. The molecule has 6 aliphatic heterocycles. The van der Waals surface area contributed by atoms with Gasteiger partial charge < -0.3 is 75.1 Å². The zero-order valence-electron chi connectivity index (χ0n) is 77.5. The number of ether oxygens (including phenoxy) is 5. The van der Waals surface area contributed by atoms with Gasteiger partial charge in [-0.05, 0) is 175 Å². The van der Waals surface area contributed by atoms with Gasteiger partial charge in [0.05, 0.1) is 80.7 Å². The molecule has 7 aromatic carbocycles. The number of aromatic amines is 2. The molecule has 7 atom stereocenters. The number of aliphatic carboxylic acids is 1. The number of carboxylic acids is 1. The number of H-pyrrole nitrogens is 2. The Hall–Kier alpha value is -11.0. The molecule has 0 aliphatic carbocycles. The van der Waals surface area contributed by atoms with Gasteiger partial charge in [-0.2, -0.15) is 111 Å². The number of anilines is 2. The SMILES string of the molecule is CC(C)(C)OC(=O)N1CCC[C@H]1c1ncc(-c2ccc(-c3ccc(-c4ccc5c(c4)NC([C@@H]4CCCN4C(=O)OCc4ccccc4)=NS5(=O)=O)cc3)cc2)[nH]1.COC(=O)N[C@H](C(=O)N1CCC[C@H]1C1=NS(=O)(=O)c2ccc(-c3ccc(-c4ccc(-c5cnc([C@@H]6CCCN6C(=O)[C@@H](NC(=O)OC)C(C)C)[nH]5)cc4)cc3)cc2N1)C(C)C.COC(=O)N[C@H](C(=O)O)C(C)C.S.S.S.S.S.S.S. The zero-order chi connectivity index (χ0) is 92.3. The van der Waals surface area contributed by atoms with E-state index >= 15 is 0 Å². The second kappa shape index (κ2) is 49.9. The number of amidine groups is 2. The van der Waals surface area contributed by atoms with E-state index in [4.69, 9.17) is 24.1 Å². The van der Waals surface area contributed by atoms with Crippen LogP contribution in [0.4, 0.5) is 35.3 Å². The van der Waals surface area contributed by atoms with Crippen molar-refractivity contribution in [1.29, 1.82) is 0 Å². The van der Waals surface area contributed by atoms with Crippen molar-refractivity contribution < 1.29 is 84.0 Å². The standard InChI is InChI=1S/C44H52N8O8S.C43H44N6O6S.C7H13NO4.7H2S/c1-25(2)37(48-43(55)59-5)41(53)51-21-7-9-34(51)39-45-24-33(47-39)30-17-15-28(16-18-30)27-11-13-29(14-12-27)31-19-20-36-32(23-31)46-40(50-61(36,57)58)35-10-8-22-52(35)42(54)38(26(3)4)49-44(56)60-6;1-43(2,3)55-42(51)49-24-7-11-36(49)39-44-26-35(46-39)32-19-17-30(18-20-32)29-13-15-31(16-14-29)33-21-22-38-34(25-33)45-40(47-56(38,52)53)37-12-8-23-48(37)41(50)54-27-28-9-5-4-6-10-28;1-4(2)5(6(9)10)8-7(11)12-3;;;;;;;/h11-20,23-26,34-35,37-38H,7-10,21-22H2,1-6H3,(H,45,47)(H,46,50)(H,48,55)(H,49,56);4-6,9-10,13-22,25-26,36-37H,7-8,11-12,23-24,27H2,1-3H3,(H,44,46)(H,45,47);4-5H,1-3H3,(H,8,11)(H,9,10);7*1H2/t34-,35-,37-,38-;36-,37-;5-;;;;;;;/m000......./s1. The molecule has 4 fully saturated rings. The summed E-state index contributed by atoms with van der Waals surface area (Å²) in [6, 6.07) is 48.0. The van der Waals surface area contributed by atoms with Crippen LogP contribution in [-0.4, -0.2) is 205 Å². The lowest BCUT2D eigenvalue weighted by Crippen LogP contribution is -2.54. The average Bonchev–Trinajstić information content (AvgIpc) is 1.20. The molecule has 33 nitrogen and oxygen atoms in total. The Bertz CT molecular complexity index is 5930. The molecule has 4 saturated heterocycles. The molecule has 136 heavy (non-hydrogen) atoms. The number of carbonyl (C=O) groups excluding carboxylic acids is 7. The maximum Gasteiger partial charge on any atom is 0.410 e. The molecule has 42 heteroatoms. The van der Waals surface area contributed by atoms with Crippen LogP contribution in [0, 0.1) is 17.8 Å². The lowest BCUT2D eigenvalue weighted by molar-refractivity contribution is -0.140. The second-order valence-corrected chi connectivity index (χ2v) is 37.4. The largest absolute Gasteiger partial charge is 0.480 e. The van der Waals surface area contributed by atoms with Crippen molar-refractivity contribution in [2.45, 2.75) is 178 Å². The number of sulfonamides is 2.